The summed E-state index contributed by atoms with van der Waals surface area (Å²) in [6.45, 7) is 9.74. The van der Waals surface area contributed by atoms with E-state index in [9.17, 15) is 9.59 Å². The van der Waals surface area contributed by atoms with Gasteiger partial charge in [-0.15, -0.1) is 0 Å². The molecule has 5 rings (SSSR count). The van der Waals surface area contributed by atoms with E-state index in [2.05, 4.69) is 51.6 Å². The van der Waals surface area contributed by atoms with Gasteiger partial charge >= 0.3 is 0 Å². The highest BCUT2D eigenvalue weighted by Gasteiger charge is 2.41. The average molecular weight is 547 g/mol. The molecule has 1 saturated heterocycles. The fraction of sp³-hybridized carbons (Fsp3) is 0.576. The smallest absolute Gasteiger partial charge is 0.242 e. The first-order chi connectivity index (χ1) is 19.5. The van der Waals surface area contributed by atoms with Crippen LogP contribution in [0.3, 0.4) is 0 Å². The molecule has 2 aromatic carbocycles. The number of benzene rings is 2. The highest BCUT2D eigenvalue weighted by atomic mass is 16.5. The third kappa shape index (κ3) is 6.63. The number of anilines is 1. The van der Waals surface area contributed by atoms with Crippen molar-refractivity contribution in [3.63, 3.8) is 0 Å². The average Bonchev–Trinajstić information content (AvgIpc) is 2.98. The Labute approximate surface area is 239 Å². The largest absolute Gasteiger partial charge is 0.491 e. The molecule has 0 unspecified atom stereocenters. The standard InChI is InChI=1S/C33H46N4O3/c1-3-37-19-8-11-28-23-26(13-14-29(28)37)24-36-20-16-33(17-21-36)15-7-6-10-27-9-4-5-12-30(27)40-22-18-34-31(38)25(2)35-32(33)39/h4-5,9,12-14,23,25H,3,6-8,10-11,15-22,24H2,1-2H3,(H,34,38)(H,35,39)/t25-/m0/s1. The fourth-order valence-corrected chi connectivity index (χ4v) is 6.68. The number of rotatable bonds is 3. The summed E-state index contributed by atoms with van der Waals surface area (Å²) in [5, 5.41) is 5.99. The van der Waals surface area contributed by atoms with Gasteiger partial charge in [-0.3, -0.25) is 14.5 Å². The number of piperidine rings is 1. The zero-order valence-corrected chi connectivity index (χ0v) is 24.3. The molecule has 0 aliphatic carbocycles. The van der Waals surface area contributed by atoms with Crippen molar-refractivity contribution >= 4 is 17.5 Å². The van der Waals surface area contributed by atoms with Crippen molar-refractivity contribution < 1.29 is 14.3 Å². The molecule has 0 aromatic heterocycles. The molecule has 3 aliphatic heterocycles. The molecule has 1 atom stereocenters. The van der Waals surface area contributed by atoms with E-state index < -0.39 is 11.5 Å². The first-order valence-corrected chi connectivity index (χ1v) is 15.4. The van der Waals surface area contributed by atoms with E-state index in [0.717, 1.165) is 83.4 Å². The lowest BCUT2D eigenvalue weighted by Crippen LogP contribution is -2.53. The van der Waals surface area contributed by atoms with Gasteiger partial charge in [0.2, 0.25) is 11.8 Å². The predicted molar refractivity (Wildman–Crippen MR) is 160 cm³/mol. The number of nitrogens with one attached hydrogen (secondary N) is 2. The molecule has 7 heteroatoms. The molecule has 2 N–H and O–H groups in total. The van der Waals surface area contributed by atoms with E-state index in [-0.39, 0.29) is 11.8 Å². The van der Waals surface area contributed by atoms with Crippen molar-refractivity contribution in [2.24, 2.45) is 5.41 Å². The molecule has 216 valence electrons. The summed E-state index contributed by atoms with van der Waals surface area (Å²) in [4.78, 5) is 31.4. The van der Waals surface area contributed by atoms with Gasteiger partial charge in [0.15, 0.2) is 0 Å². The Hall–Kier alpha value is -3.06. The van der Waals surface area contributed by atoms with Gasteiger partial charge in [-0.05, 0) is 101 Å². The van der Waals surface area contributed by atoms with Gasteiger partial charge in [-0.2, -0.15) is 0 Å². The number of carbonyl (C=O) groups excluding carboxylic acids is 2. The number of nitrogens with zero attached hydrogens (tertiary/aromatic N) is 2. The van der Waals surface area contributed by atoms with Crippen LogP contribution in [0.15, 0.2) is 42.5 Å². The van der Waals surface area contributed by atoms with Gasteiger partial charge in [0.25, 0.3) is 0 Å². The number of fused-ring (bicyclic) bond motifs is 2. The van der Waals surface area contributed by atoms with Crippen LogP contribution in [-0.2, 0) is 29.0 Å². The van der Waals surface area contributed by atoms with Gasteiger partial charge in [-0.1, -0.05) is 36.8 Å². The maximum absolute atomic E-state index is 13.7. The second kappa shape index (κ2) is 13.1. The molecule has 3 heterocycles. The Balaban J connectivity index is 1.25. The summed E-state index contributed by atoms with van der Waals surface area (Å²) in [6, 6.07) is 14.6. The third-order valence-electron chi connectivity index (χ3n) is 9.17. The maximum atomic E-state index is 13.7. The first kappa shape index (κ1) is 28.5. The van der Waals surface area contributed by atoms with Crippen molar-refractivity contribution in [1.82, 2.24) is 15.5 Å². The van der Waals surface area contributed by atoms with E-state index in [4.69, 9.17) is 4.74 Å². The summed E-state index contributed by atoms with van der Waals surface area (Å²) in [5.41, 5.74) is 5.00. The van der Waals surface area contributed by atoms with Crippen LogP contribution in [0.5, 0.6) is 5.75 Å². The number of carbonyl (C=O) groups is 2. The number of hydrogen-bond acceptors (Lipinski definition) is 5. The highest BCUT2D eigenvalue weighted by molar-refractivity contribution is 5.90. The molecule has 40 heavy (non-hydrogen) atoms. The Morgan fingerprint density at radius 3 is 2.58 bits per heavy atom. The molecular formula is C33H46N4O3. The topological polar surface area (TPSA) is 73.9 Å². The highest BCUT2D eigenvalue weighted by Crippen LogP contribution is 2.38. The second-order valence-electron chi connectivity index (χ2n) is 11.9. The van der Waals surface area contributed by atoms with Crippen molar-refractivity contribution in [2.45, 2.75) is 77.8 Å². The zero-order valence-electron chi connectivity index (χ0n) is 24.3. The van der Waals surface area contributed by atoms with Crippen molar-refractivity contribution in [3.8, 4) is 5.75 Å². The van der Waals surface area contributed by atoms with Gasteiger partial charge in [-0.25, -0.2) is 0 Å². The number of hydrogen-bond donors (Lipinski definition) is 2. The lowest BCUT2D eigenvalue weighted by Gasteiger charge is -2.41. The molecule has 3 aliphatic rings. The number of ether oxygens (including phenoxy) is 1. The minimum Gasteiger partial charge on any atom is -0.491 e. The molecular weight excluding hydrogens is 500 g/mol. The number of likely N-dealkylation sites (tertiary alicyclic amines) is 1. The summed E-state index contributed by atoms with van der Waals surface area (Å²) in [6.07, 6.45) is 7.78. The van der Waals surface area contributed by atoms with Crippen LogP contribution >= 0.6 is 0 Å². The molecule has 0 saturated carbocycles. The number of amides is 2. The zero-order chi connectivity index (χ0) is 28.0. The van der Waals surface area contributed by atoms with E-state index in [1.807, 2.05) is 18.2 Å². The summed E-state index contributed by atoms with van der Waals surface area (Å²) >= 11 is 0. The van der Waals surface area contributed by atoms with Crippen LogP contribution in [0.25, 0.3) is 0 Å². The van der Waals surface area contributed by atoms with Gasteiger partial charge < -0.3 is 20.3 Å². The van der Waals surface area contributed by atoms with Crippen molar-refractivity contribution in [1.29, 1.82) is 0 Å². The Kier molecular flexibility index (Phi) is 9.30. The lowest BCUT2D eigenvalue weighted by atomic mass is 9.73. The Morgan fingerprint density at radius 1 is 0.950 bits per heavy atom. The normalized spacial score (nSPS) is 22.6. The van der Waals surface area contributed by atoms with Crippen LogP contribution in [0.1, 0.15) is 69.1 Å². The molecule has 7 nitrogen and oxygen atoms in total. The van der Waals surface area contributed by atoms with E-state index in [1.54, 1.807) is 6.92 Å². The summed E-state index contributed by atoms with van der Waals surface area (Å²) < 4.78 is 5.97. The molecule has 2 aromatic rings. The van der Waals surface area contributed by atoms with E-state index in [0.29, 0.717) is 13.2 Å². The summed E-state index contributed by atoms with van der Waals surface area (Å²) in [5.74, 6) is 0.762. The predicted octanol–water partition coefficient (Wildman–Crippen LogP) is 4.47. The lowest BCUT2D eigenvalue weighted by molar-refractivity contribution is -0.138. The van der Waals surface area contributed by atoms with Gasteiger partial charge in [0, 0.05) is 25.3 Å². The molecule has 1 spiro atoms. The number of para-hydroxylation sites is 1. The van der Waals surface area contributed by atoms with E-state index >= 15 is 0 Å². The SMILES string of the molecule is CCN1CCCc2cc(CN3CCC4(CCCCc5ccccc5OCCNC(=O)[C@H](C)NC4=O)CC3)ccc21. The monoisotopic (exact) mass is 546 g/mol. The van der Waals surface area contributed by atoms with Crippen LogP contribution in [-0.4, -0.2) is 62.1 Å². The Bertz CT molecular complexity index is 1170. The van der Waals surface area contributed by atoms with Crippen LogP contribution in [0.4, 0.5) is 5.69 Å². The second-order valence-corrected chi connectivity index (χ2v) is 11.9. The minimum absolute atomic E-state index is 0.0368. The van der Waals surface area contributed by atoms with Gasteiger partial charge in [0.1, 0.15) is 18.4 Å². The van der Waals surface area contributed by atoms with Crippen molar-refractivity contribution in [2.75, 3.05) is 44.2 Å². The quantitative estimate of drug-likeness (QED) is 0.595. The molecule has 0 radical (unpaired) electrons. The molecule has 0 bridgehead atoms. The third-order valence-corrected chi connectivity index (χ3v) is 9.17. The Morgan fingerprint density at radius 2 is 1.75 bits per heavy atom. The van der Waals surface area contributed by atoms with Crippen LogP contribution < -0.4 is 20.3 Å². The maximum Gasteiger partial charge on any atom is 0.242 e. The van der Waals surface area contributed by atoms with Crippen LogP contribution in [0, 0.1) is 5.41 Å². The van der Waals surface area contributed by atoms with E-state index in [1.165, 1.54) is 28.8 Å². The van der Waals surface area contributed by atoms with Crippen molar-refractivity contribution in [3.05, 3.63) is 59.2 Å². The first-order valence-electron chi connectivity index (χ1n) is 15.4. The summed E-state index contributed by atoms with van der Waals surface area (Å²) in [7, 11) is 0. The van der Waals surface area contributed by atoms with Crippen LogP contribution in [0.2, 0.25) is 0 Å². The number of aryl methyl sites for hydroxylation is 2. The fourth-order valence-electron chi connectivity index (χ4n) is 6.68. The molecule has 2 amide bonds. The minimum atomic E-state index is -0.571. The molecule has 1 fully saturated rings. The van der Waals surface area contributed by atoms with Gasteiger partial charge in [0.05, 0.1) is 12.0 Å².